The van der Waals surface area contributed by atoms with Gasteiger partial charge in [-0.3, -0.25) is 9.88 Å². The first-order chi connectivity index (χ1) is 19.8. The van der Waals surface area contributed by atoms with Crippen LogP contribution in [0, 0.1) is 24.0 Å². The van der Waals surface area contributed by atoms with E-state index in [9.17, 15) is 13.9 Å². The van der Waals surface area contributed by atoms with Crippen molar-refractivity contribution in [2.24, 2.45) is 0 Å². The molecule has 212 valence electrons. The lowest BCUT2D eigenvalue weighted by atomic mass is 9.96. The van der Waals surface area contributed by atoms with E-state index in [1.54, 1.807) is 0 Å². The molecule has 1 atom stereocenters. The number of rotatable bonds is 5. The minimum absolute atomic E-state index is 0.0421. The summed E-state index contributed by atoms with van der Waals surface area (Å²) < 4.78 is 45.6. The monoisotopic (exact) mass is 560 g/mol. The predicted octanol–water partition coefficient (Wildman–Crippen LogP) is 5.28. The number of aromatic hydroxyl groups is 1. The van der Waals surface area contributed by atoms with Crippen molar-refractivity contribution in [2.45, 2.75) is 31.2 Å². The van der Waals surface area contributed by atoms with Gasteiger partial charge in [-0.25, -0.2) is 18.2 Å². The molecule has 7 nitrogen and oxygen atoms in total. The Morgan fingerprint density at radius 3 is 2.54 bits per heavy atom. The summed E-state index contributed by atoms with van der Waals surface area (Å²) >= 11 is 0. The van der Waals surface area contributed by atoms with Gasteiger partial charge in [0.05, 0.1) is 16.5 Å². The number of phenolic OH excluding ortho intramolecular Hbond substituents is 1. The minimum Gasteiger partial charge on any atom is -0.508 e. The molecule has 2 saturated heterocycles. The molecule has 6 rings (SSSR count). The molecule has 4 heterocycles. The van der Waals surface area contributed by atoms with Gasteiger partial charge in [0.25, 0.3) is 0 Å². The number of likely N-dealkylation sites (N-methyl/N-ethyl adjacent to an activating group) is 1. The Bertz CT molecular complexity index is 1700. The number of terminal acetylenes is 1. The third kappa shape index (κ3) is 4.49. The first-order valence-electron chi connectivity index (χ1n) is 13.8. The molecule has 10 heteroatoms. The summed E-state index contributed by atoms with van der Waals surface area (Å²) in [5.74, 6) is 1.78. The molecule has 1 N–H and O–H groups in total. The van der Waals surface area contributed by atoms with Crippen LogP contribution in [-0.4, -0.2) is 77.4 Å². The molecule has 2 aliphatic rings. The van der Waals surface area contributed by atoms with Crippen molar-refractivity contribution in [1.82, 2.24) is 19.9 Å². The number of halogens is 3. The van der Waals surface area contributed by atoms with Crippen LogP contribution in [0.5, 0.6) is 5.75 Å². The molecule has 0 amide bonds. The summed E-state index contributed by atoms with van der Waals surface area (Å²) in [7, 11) is 3.71. The van der Waals surface area contributed by atoms with E-state index in [1.807, 2.05) is 23.9 Å². The SMILES string of the molecule is C#Cc1c(F)ccc2cc(O)cc(-c3ncc4c(N5CCCCC5)nc(N5CC[C@](CF)(N(C)C)C5)nc4c3F)c12. The highest BCUT2D eigenvalue weighted by atomic mass is 19.1. The van der Waals surface area contributed by atoms with E-state index < -0.39 is 23.8 Å². The zero-order chi connectivity index (χ0) is 28.9. The van der Waals surface area contributed by atoms with E-state index in [0.29, 0.717) is 42.0 Å². The zero-order valence-electron chi connectivity index (χ0n) is 23.1. The van der Waals surface area contributed by atoms with Crippen LogP contribution in [0.3, 0.4) is 0 Å². The number of phenols is 1. The van der Waals surface area contributed by atoms with E-state index in [0.717, 1.165) is 32.4 Å². The quantitative estimate of drug-likeness (QED) is 0.333. The van der Waals surface area contributed by atoms with Gasteiger partial charge in [0.1, 0.15) is 35.3 Å². The molecular weight excluding hydrogens is 529 g/mol. The summed E-state index contributed by atoms with van der Waals surface area (Å²) in [6, 6.07) is 5.48. The number of hydrogen-bond acceptors (Lipinski definition) is 7. The lowest BCUT2D eigenvalue weighted by Gasteiger charge is -2.33. The van der Waals surface area contributed by atoms with Gasteiger partial charge in [-0.1, -0.05) is 12.0 Å². The molecule has 0 spiro atoms. The summed E-state index contributed by atoms with van der Waals surface area (Å²) in [4.78, 5) is 19.9. The molecule has 0 radical (unpaired) electrons. The van der Waals surface area contributed by atoms with Gasteiger partial charge in [-0.05, 0) is 63.4 Å². The number of alkyl halides is 1. The van der Waals surface area contributed by atoms with E-state index in [2.05, 4.69) is 20.8 Å². The number of aromatic nitrogens is 3. The first-order valence-corrected chi connectivity index (χ1v) is 13.8. The fourth-order valence-electron chi connectivity index (χ4n) is 6.08. The second-order valence-electron chi connectivity index (χ2n) is 11.2. The van der Waals surface area contributed by atoms with Gasteiger partial charge < -0.3 is 14.9 Å². The van der Waals surface area contributed by atoms with Crippen LogP contribution < -0.4 is 9.80 Å². The van der Waals surface area contributed by atoms with Gasteiger partial charge >= 0.3 is 0 Å². The highest BCUT2D eigenvalue weighted by molar-refractivity contribution is 6.03. The second-order valence-corrected chi connectivity index (χ2v) is 11.2. The van der Waals surface area contributed by atoms with Gasteiger partial charge in [-0.2, -0.15) is 4.98 Å². The molecule has 2 aliphatic heterocycles. The number of anilines is 2. The molecule has 2 fully saturated rings. The van der Waals surface area contributed by atoms with Crippen LogP contribution in [0.1, 0.15) is 31.2 Å². The molecule has 0 unspecified atom stereocenters. The van der Waals surface area contributed by atoms with Gasteiger partial charge in [0, 0.05) is 43.3 Å². The van der Waals surface area contributed by atoms with Crippen molar-refractivity contribution in [3.63, 3.8) is 0 Å². The lowest BCUT2D eigenvalue weighted by molar-refractivity contribution is 0.135. The van der Waals surface area contributed by atoms with Crippen LogP contribution in [0.15, 0.2) is 30.5 Å². The number of hydrogen-bond donors (Lipinski definition) is 1. The van der Waals surface area contributed by atoms with Crippen molar-refractivity contribution in [3.8, 4) is 29.4 Å². The summed E-state index contributed by atoms with van der Waals surface area (Å²) in [5, 5.41) is 11.6. The van der Waals surface area contributed by atoms with E-state index in [4.69, 9.17) is 11.4 Å². The molecule has 2 aromatic heterocycles. The highest BCUT2D eigenvalue weighted by Crippen LogP contribution is 2.39. The highest BCUT2D eigenvalue weighted by Gasteiger charge is 2.41. The number of benzene rings is 2. The predicted molar refractivity (Wildman–Crippen MR) is 155 cm³/mol. The van der Waals surface area contributed by atoms with Crippen LogP contribution >= 0.6 is 0 Å². The molecule has 0 saturated carbocycles. The van der Waals surface area contributed by atoms with Crippen molar-refractivity contribution in [2.75, 3.05) is 56.7 Å². The molecule has 2 aromatic carbocycles. The number of pyridine rings is 1. The minimum atomic E-state index is -0.730. The summed E-state index contributed by atoms with van der Waals surface area (Å²) in [6.07, 6.45) is 10.8. The molecular formula is C31H31F3N6O. The molecule has 0 aliphatic carbocycles. The third-order valence-corrected chi connectivity index (χ3v) is 8.57. The maximum absolute atomic E-state index is 16.6. The van der Waals surface area contributed by atoms with Crippen LogP contribution in [0.25, 0.3) is 32.9 Å². The fraction of sp³-hybridized carbons (Fsp3) is 0.387. The third-order valence-electron chi connectivity index (χ3n) is 8.57. The average Bonchev–Trinajstić information content (AvgIpc) is 3.44. The zero-order valence-corrected chi connectivity index (χ0v) is 23.1. The van der Waals surface area contributed by atoms with Crippen LogP contribution in [-0.2, 0) is 0 Å². The normalized spacial score (nSPS) is 19.4. The maximum atomic E-state index is 16.6. The Hall–Kier alpha value is -4.10. The van der Waals surface area contributed by atoms with Gasteiger partial charge in [0.2, 0.25) is 5.95 Å². The molecule has 41 heavy (non-hydrogen) atoms. The Morgan fingerprint density at radius 2 is 1.85 bits per heavy atom. The average molecular weight is 561 g/mol. The topological polar surface area (TPSA) is 68.6 Å². The first kappa shape index (κ1) is 27.1. The number of piperidine rings is 1. The van der Waals surface area contributed by atoms with Gasteiger partial charge in [-0.15, -0.1) is 6.42 Å². The summed E-state index contributed by atoms with van der Waals surface area (Å²) in [5.41, 5.74) is -0.612. The number of fused-ring (bicyclic) bond motifs is 2. The van der Waals surface area contributed by atoms with Crippen molar-refractivity contribution < 1.29 is 18.3 Å². The smallest absolute Gasteiger partial charge is 0.228 e. The summed E-state index contributed by atoms with van der Waals surface area (Å²) in [6.45, 7) is 1.90. The maximum Gasteiger partial charge on any atom is 0.228 e. The van der Waals surface area contributed by atoms with E-state index in [-0.39, 0.29) is 33.5 Å². The van der Waals surface area contributed by atoms with Crippen LogP contribution in [0.2, 0.25) is 0 Å². The number of nitrogens with zero attached hydrogens (tertiary/aromatic N) is 6. The second kappa shape index (κ2) is 10.4. The molecule has 0 bridgehead atoms. The van der Waals surface area contributed by atoms with E-state index in [1.165, 1.54) is 30.5 Å². The van der Waals surface area contributed by atoms with Gasteiger partial charge in [0.15, 0.2) is 5.82 Å². The van der Waals surface area contributed by atoms with Crippen LogP contribution in [0.4, 0.5) is 24.9 Å². The fourth-order valence-corrected chi connectivity index (χ4v) is 6.08. The van der Waals surface area contributed by atoms with Crippen molar-refractivity contribution in [3.05, 3.63) is 47.7 Å². The largest absolute Gasteiger partial charge is 0.508 e. The Balaban J connectivity index is 1.58. The van der Waals surface area contributed by atoms with E-state index >= 15 is 4.39 Å². The lowest BCUT2D eigenvalue weighted by Crippen LogP contribution is -2.48. The van der Waals surface area contributed by atoms with Crippen molar-refractivity contribution >= 4 is 33.4 Å². The molecule has 4 aromatic rings. The Morgan fingerprint density at radius 1 is 1.07 bits per heavy atom. The van der Waals surface area contributed by atoms with Crippen molar-refractivity contribution in [1.29, 1.82) is 0 Å². The Labute approximate surface area is 236 Å². The Kier molecular flexibility index (Phi) is 6.86. The standard InChI is InChI=1S/C31H31F3N6O/c1-4-21-24(33)9-8-19-14-20(41)15-22(25(19)21)27-26(34)28-23(16-35-27)29(39-11-6-5-7-12-39)37-30(36-28)40-13-10-31(17-32,18-40)38(2)3/h1,8-9,14-16,41H,5-7,10-13,17-18H2,2-3H3/t31-/m1/s1.